The second-order valence-electron chi connectivity index (χ2n) is 3.76. The van der Waals surface area contributed by atoms with Crippen molar-refractivity contribution < 1.29 is 9.72 Å². The number of carbonyl (C=O) groups excluding carboxylic acids is 1. The summed E-state index contributed by atoms with van der Waals surface area (Å²) in [4.78, 5) is 22.1. The Balaban J connectivity index is 2.92. The Hall–Kier alpha value is -1.91. The normalized spacial score (nSPS) is 10.3. The van der Waals surface area contributed by atoms with Gasteiger partial charge in [-0.2, -0.15) is 0 Å². The Morgan fingerprint density at radius 3 is 2.47 bits per heavy atom. The third-order valence-electron chi connectivity index (χ3n) is 2.67. The Bertz CT molecular complexity index is 414. The molecule has 0 aliphatic rings. The highest BCUT2D eigenvalue weighted by Gasteiger charge is 2.20. The van der Waals surface area contributed by atoms with E-state index in [0.29, 0.717) is 0 Å². The first-order valence-electron chi connectivity index (χ1n) is 5.64. The Labute approximate surface area is 100.0 Å². The molecule has 17 heavy (non-hydrogen) atoms. The zero-order valence-electron chi connectivity index (χ0n) is 9.97. The summed E-state index contributed by atoms with van der Waals surface area (Å²) >= 11 is 0. The molecule has 92 valence electrons. The van der Waals surface area contributed by atoms with Crippen molar-refractivity contribution in [3.63, 3.8) is 0 Å². The maximum Gasteiger partial charge on any atom is 0.282 e. The van der Waals surface area contributed by atoms with Gasteiger partial charge >= 0.3 is 0 Å². The van der Waals surface area contributed by atoms with Crippen molar-refractivity contribution in [1.29, 1.82) is 0 Å². The van der Waals surface area contributed by atoms with Crippen LogP contribution in [0.15, 0.2) is 24.3 Å². The minimum Gasteiger partial charge on any atom is -0.349 e. The van der Waals surface area contributed by atoms with Crippen molar-refractivity contribution in [1.82, 2.24) is 5.32 Å². The maximum atomic E-state index is 11.9. The number of hydrogen-bond donors (Lipinski definition) is 1. The van der Waals surface area contributed by atoms with Crippen LogP contribution in [0.3, 0.4) is 0 Å². The van der Waals surface area contributed by atoms with Gasteiger partial charge in [-0.25, -0.2) is 0 Å². The van der Waals surface area contributed by atoms with Gasteiger partial charge in [-0.1, -0.05) is 26.0 Å². The molecule has 1 aromatic carbocycles. The Kier molecular flexibility index (Phi) is 4.63. The van der Waals surface area contributed by atoms with Gasteiger partial charge in [0, 0.05) is 12.1 Å². The van der Waals surface area contributed by atoms with Crippen LogP contribution in [-0.2, 0) is 0 Å². The van der Waals surface area contributed by atoms with Crippen molar-refractivity contribution in [3.8, 4) is 0 Å². The van der Waals surface area contributed by atoms with E-state index in [1.54, 1.807) is 12.1 Å². The number of carbonyl (C=O) groups is 1. The van der Waals surface area contributed by atoms with Crippen LogP contribution in [0.25, 0.3) is 0 Å². The number of hydrogen-bond acceptors (Lipinski definition) is 3. The van der Waals surface area contributed by atoms with Gasteiger partial charge in [-0.05, 0) is 18.9 Å². The lowest BCUT2D eigenvalue weighted by atomic mass is 10.1. The molecule has 5 heteroatoms. The molecule has 0 bridgehead atoms. The van der Waals surface area contributed by atoms with Gasteiger partial charge in [0.1, 0.15) is 5.56 Å². The van der Waals surface area contributed by atoms with Crippen LogP contribution in [0, 0.1) is 10.1 Å². The maximum absolute atomic E-state index is 11.9. The number of benzene rings is 1. The third-order valence-corrected chi connectivity index (χ3v) is 2.67. The quantitative estimate of drug-likeness (QED) is 0.630. The van der Waals surface area contributed by atoms with E-state index in [-0.39, 0.29) is 23.2 Å². The number of nitrogens with one attached hydrogen (secondary N) is 1. The van der Waals surface area contributed by atoms with E-state index in [4.69, 9.17) is 0 Å². The molecule has 0 atom stereocenters. The van der Waals surface area contributed by atoms with Crippen LogP contribution in [0.1, 0.15) is 37.0 Å². The van der Waals surface area contributed by atoms with Gasteiger partial charge < -0.3 is 5.32 Å². The average Bonchev–Trinajstić information content (AvgIpc) is 2.35. The molecule has 0 unspecified atom stereocenters. The molecule has 0 aromatic heterocycles. The van der Waals surface area contributed by atoms with E-state index in [2.05, 4.69) is 5.32 Å². The zero-order valence-corrected chi connectivity index (χ0v) is 9.97. The van der Waals surface area contributed by atoms with E-state index in [0.717, 1.165) is 12.8 Å². The van der Waals surface area contributed by atoms with Crippen LogP contribution in [-0.4, -0.2) is 16.9 Å². The molecule has 0 saturated heterocycles. The number of nitrogens with zero attached hydrogens (tertiary/aromatic N) is 1. The SMILES string of the molecule is CCC(CC)NC(=O)c1ccccc1[N+](=O)[O-]. The van der Waals surface area contributed by atoms with Gasteiger partial charge in [0.25, 0.3) is 11.6 Å². The lowest BCUT2D eigenvalue weighted by molar-refractivity contribution is -0.385. The van der Waals surface area contributed by atoms with Crippen LogP contribution >= 0.6 is 0 Å². The van der Waals surface area contributed by atoms with Crippen molar-refractivity contribution in [2.24, 2.45) is 0 Å². The summed E-state index contributed by atoms with van der Waals surface area (Å²) in [5.74, 6) is -0.383. The fourth-order valence-corrected chi connectivity index (χ4v) is 1.58. The first kappa shape index (κ1) is 13.2. The molecule has 0 spiro atoms. The summed E-state index contributed by atoms with van der Waals surface area (Å²) in [7, 11) is 0. The van der Waals surface area contributed by atoms with Crippen molar-refractivity contribution in [2.75, 3.05) is 0 Å². The molecule has 0 heterocycles. The van der Waals surface area contributed by atoms with Crippen LogP contribution < -0.4 is 5.32 Å². The molecule has 1 rings (SSSR count). The van der Waals surface area contributed by atoms with Gasteiger partial charge in [-0.15, -0.1) is 0 Å². The zero-order chi connectivity index (χ0) is 12.8. The second-order valence-corrected chi connectivity index (χ2v) is 3.76. The van der Waals surface area contributed by atoms with Gasteiger partial charge in [0.15, 0.2) is 0 Å². The van der Waals surface area contributed by atoms with Crippen molar-refractivity contribution in [3.05, 3.63) is 39.9 Å². The lowest BCUT2D eigenvalue weighted by Crippen LogP contribution is -2.34. The van der Waals surface area contributed by atoms with Crippen molar-refractivity contribution in [2.45, 2.75) is 32.7 Å². The smallest absolute Gasteiger partial charge is 0.282 e. The number of nitro groups is 1. The number of para-hydroxylation sites is 1. The predicted octanol–water partition coefficient (Wildman–Crippen LogP) is 2.51. The highest BCUT2D eigenvalue weighted by molar-refractivity contribution is 5.98. The van der Waals surface area contributed by atoms with Gasteiger partial charge in [-0.3, -0.25) is 14.9 Å². The minimum absolute atomic E-state index is 0.0577. The van der Waals surface area contributed by atoms with E-state index >= 15 is 0 Å². The second kappa shape index (κ2) is 5.98. The summed E-state index contributed by atoms with van der Waals surface area (Å²) in [6, 6.07) is 6.03. The molecule has 1 N–H and O–H groups in total. The number of nitro benzene ring substituents is 1. The van der Waals surface area contributed by atoms with E-state index < -0.39 is 4.92 Å². The summed E-state index contributed by atoms with van der Waals surface area (Å²) in [5, 5.41) is 13.6. The summed E-state index contributed by atoms with van der Waals surface area (Å²) < 4.78 is 0. The molecule has 0 radical (unpaired) electrons. The number of rotatable bonds is 5. The summed E-state index contributed by atoms with van der Waals surface area (Å²) in [6.07, 6.45) is 1.62. The Morgan fingerprint density at radius 1 is 1.35 bits per heavy atom. The van der Waals surface area contributed by atoms with Crippen LogP contribution in [0.4, 0.5) is 5.69 Å². The van der Waals surface area contributed by atoms with Gasteiger partial charge in [0.2, 0.25) is 0 Å². The standard InChI is InChI=1S/C12H16N2O3/c1-3-9(4-2)13-12(15)10-7-5-6-8-11(10)14(16)17/h5-9H,3-4H2,1-2H3,(H,13,15). The third kappa shape index (κ3) is 3.27. The largest absolute Gasteiger partial charge is 0.349 e. The first-order chi connectivity index (χ1) is 8.10. The molecule has 0 aliphatic heterocycles. The lowest BCUT2D eigenvalue weighted by Gasteiger charge is -2.14. The summed E-state index contributed by atoms with van der Waals surface area (Å²) in [5.41, 5.74) is -0.0413. The Morgan fingerprint density at radius 2 is 1.94 bits per heavy atom. The molecular formula is C12H16N2O3. The van der Waals surface area contributed by atoms with Crippen LogP contribution in [0.2, 0.25) is 0 Å². The summed E-state index contributed by atoms with van der Waals surface area (Å²) in [6.45, 7) is 3.93. The highest BCUT2D eigenvalue weighted by atomic mass is 16.6. The molecule has 0 saturated carbocycles. The van der Waals surface area contributed by atoms with E-state index in [1.807, 2.05) is 13.8 Å². The minimum atomic E-state index is -0.540. The molecule has 0 fully saturated rings. The fourth-order valence-electron chi connectivity index (χ4n) is 1.58. The van der Waals surface area contributed by atoms with E-state index in [9.17, 15) is 14.9 Å². The van der Waals surface area contributed by atoms with E-state index in [1.165, 1.54) is 12.1 Å². The first-order valence-corrected chi connectivity index (χ1v) is 5.64. The molecule has 1 amide bonds. The molecule has 5 nitrogen and oxygen atoms in total. The van der Waals surface area contributed by atoms with Crippen LogP contribution in [0.5, 0.6) is 0 Å². The topological polar surface area (TPSA) is 72.2 Å². The molecule has 1 aromatic rings. The highest BCUT2D eigenvalue weighted by Crippen LogP contribution is 2.17. The average molecular weight is 236 g/mol. The number of amides is 1. The molecular weight excluding hydrogens is 220 g/mol. The van der Waals surface area contributed by atoms with Crippen molar-refractivity contribution >= 4 is 11.6 Å². The monoisotopic (exact) mass is 236 g/mol. The van der Waals surface area contributed by atoms with Gasteiger partial charge in [0.05, 0.1) is 4.92 Å². The molecule has 0 aliphatic carbocycles. The predicted molar refractivity (Wildman–Crippen MR) is 64.9 cm³/mol. The fraction of sp³-hybridized carbons (Fsp3) is 0.417.